The predicted octanol–water partition coefficient (Wildman–Crippen LogP) is 6.35. The van der Waals surface area contributed by atoms with E-state index in [1.54, 1.807) is 35.7 Å². The number of halogens is 1. The van der Waals surface area contributed by atoms with Crippen LogP contribution in [-0.2, 0) is 11.2 Å². The van der Waals surface area contributed by atoms with Gasteiger partial charge >= 0.3 is 6.03 Å². The molecule has 1 saturated carbocycles. The summed E-state index contributed by atoms with van der Waals surface area (Å²) in [4.78, 5) is 31.7. The molecule has 188 valence electrons. The molecule has 3 aromatic rings. The molecule has 0 bridgehead atoms. The van der Waals surface area contributed by atoms with Gasteiger partial charge in [0, 0.05) is 49.6 Å². The second-order valence-electron chi connectivity index (χ2n) is 9.52. The molecule has 1 aliphatic carbocycles. The first-order chi connectivity index (χ1) is 17.5. The number of benzene rings is 1. The number of nitrogens with one attached hydrogen (secondary N) is 1. The monoisotopic (exact) mass is 507 g/mol. The first kappa shape index (κ1) is 24.4. The van der Waals surface area contributed by atoms with Crippen molar-refractivity contribution in [3.63, 3.8) is 0 Å². The number of urea groups is 1. The van der Waals surface area contributed by atoms with Gasteiger partial charge in [-0.1, -0.05) is 19.1 Å². The molecule has 1 N–H and O–H groups in total. The van der Waals surface area contributed by atoms with E-state index in [0.29, 0.717) is 43.3 Å². The van der Waals surface area contributed by atoms with Gasteiger partial charge in [0.1, 0.15) is 11.5 Å². The Morgan fingerprint density at radius 1 is 1.22 bits per heavy atom. The fourth-order valence-electron chi connectivity index (χ4n) is 4.37. The molecule has 1 fully saturated rings. The predicted molar refractivity (Wildman–Crippen MR) is 140 cm³/mol. The number of amides is 2. The Morgan fingerprint density at radius 2 is 2.08 bits per heavy atom. The zero-order valence-corrected chi connectivity index (χ0v) is 21.2. The maximum atomic E-state index is 14.8. The van der Waals surface area contributed by atoms with Gasteiger partial charge in [0.05, 0.1) is 10.2 Å². The number of ether oxygens (including phenoxy) is 1. The fourth-order valence-corrected chi connectivity index (χ4v) is 5.51. The summed E-state index contributed by atoms with van der Waals surface area (Å²) in [7, 11) is 0. The van der Waals surface area contributed by atoms with Crippen molar-refractivity contribution in [1.82, 2.24) is 15.2 Å². The summed E-state index contributed by atoms with van der Waals surface area (Å²) < 4.78 is 21.7. The van der Waals surface area contributed by atoms with Crippen molar-refractivity contribution >= 4 is 38.9 Å². The van der Waals surface area contributed by atoms with Crippen molar-refractivity contribution in [2.75, 3.05) is 19.6 Å². The van der Waals surface area contributed by atoms with Gasteiger partial charge in [0.2, 0.25) is 0 Å². The maximum absolute atomic E-state index is 14.8. The summed E-state index contributed by atoms with van der Waals surface area (Å²) in [5.41, 5.74) is 2.64. The minimum absolute atomic E-state index is 0.0267. The Kier molecular flexibility index (Phi) is 7.32. The molecule has 1 aromatic carbocycles. The third kappa shape index (κ3) is 5.75. The Bertz CT molecular complexity index is 1310. The zero-order chi connectivity index (χ0) is 25.1. The Balaban J connectivity index is 1.29. The minimum Gasteiger partial charge on any atom is -0.453 e. The molecule has 0 radical (unpaired) electrons. The molecular formula is C28H30FN3O3S. The van der Waals surface area contributed by atoms with Crippen LogP contribution in [0.2, 0.25) is 0 Å². The quantitative estimate of drug-likeness (QED) is 0.366. The molecule has 0 spiro atoms. The van der Waals surface area contributed by atoms with Crippen molar-refractivity contribution in [2.24, 2.45) is 5.92 Å². The lowest BCUT2D eigenvalue weighted by atomic mass is 10.0. The average Bonchev–Trinajstić information content (AvgIpc) is 3.57. The number of pyridine rings is 1. The number of Topliss-reactive ketones (excluding diaryl/α,β-unsaturated/α-hetero) is 1. The summed E-state index contributed by atoms with van der Waals surface area (Å²) in [5.74, 6) is 0.883. The number of ketones is 1. The summed E-state index contributed by atoms with van der Waals surface area (Å²) >= 11 is 1.56. The van der Waals surface area contributed by atoms with Crippen molar-refractivity contribution in [1.29, 1.82) is 0 Å². The van der Waals surface area contributed by atoms with Crippen LogP contribution in [0.3, 0.4) is 0 Å². The highest BCUT2D eigenvalue weighted by Gasteiger charge is 2.24. The van der Waals surface area contributed by atoms with Gasteiger partial charge in [-0.3, -0.25) is 9.78 Å². The number of fused-ring (bicyclic) bond motifs is 1. The fraction of sp³-hybridized carbons (Fsp3) is 0.393. The topological polar surface area (TPSA) is 71.5 Å². The van der Waals surface area contributed by atoms with Crippen LogP contribution in [0.25, 0.3) is 15.8 Å². The molecular weight excluding hydrogens is 477 g/mol. The van der Waals surface area contributed by atoms with E-state index in [9.17, 15) is 14.0 Å². The van der Waals surface area contributed by atoms with Gasteiger partial charge in [-0.25, -0.2) is 9.18 Å². The molecule has 0 saturated heterocycles. The van der Waals surface area contributed by atoms with Gasteiger partial charge in [0.25, 0.3) is 0 Å². The van der Waals surface area contributed by atoms with Gasteiger partial charge < -0.3 is 15.0 Å². The van der Waals surface area contributed by atoms with Gasteiger partial charge in [-0.05, 0) is 60.9 Å². The standard InChI is InChI=1S/C28H30FN3O3S/c1-2-10-31-28(34)32-12-8-20(9-13-32)26-17-23-27(36-26)25(7-11-30-23)35-24-6-5-19(16-22(24)29)15-21(33)14-18-3-4-18/h5-8,11,16-18H,2-4,9-10,12-15H2,1H3,(H,31,34). The van der Waals surface area contributed by atoms with Crippen LogP contribution in [0, 0.1) is 11.7 Å². The highest BCUT2D eigenvalue weighted by Crippen LogP contribution is 2.39. The molecule has 0 atom stereocenters. The second-order valence-corrected chi connectivity index (χ2v) is 10.6. The lowest BCUT2D eigenvalue weighted by Gasteiger charge is -2.26. The van der Waals surface area contributed by atoms with Gasteiger partial charge in [0.15, 0.2) is 11.6 Å². The molecule has 6 nitrogen and oxygen atoms in total. The van der Waals surface area contributed by atoms with E-state index in [1.807, 2.05) is 17.9 Å². The van der Waals surface area contributed by atoms with Crippen LogP contribution in [0.15, 0.2) is 42.6 Å². The SMILES string of the molecule is CCCNC(=O)N1CC=C(c2cc3nccc(Oc4ccc(CC(=O)CC5CC5)cc4F)c3s2)CC1. The summed E-state index contributed by atoms with van der Waals surface area (Å²) in [5, 5.41) is 2.92. The second kappa shape index (κ2) is 10.8. The third-order valence-electron chi connectivity index (χ3n) is 6.55. The average molecular weight is 508 g/mol. The highest BCUT2D eigenvalue weighted by atomic mass is 32.1. The molecule has 2 aromatic heterocycles. The van der Waals surface area contributed by atoms with Crippen molar-refractivity contribution in [3.05, 3.63) is 58.9 Å². The Labute approximate surface area is 214 Å². The Morgan fingerprint density at radius 3 is 2.81 bits per heavy atom. The molecule has 0 unspecified atom stereocenters. The molecule has 8 heteroatoms. The van der Waals surface area contributed by atoms with E-state index in [1.165, 1.54) is 11.6 Å². The molecule has 3 heterocycles. The van der Waals surface area contributed by atoms with Gasteiger partial charge in [-0.15, -0.1) is 11.3 Å². The van der Waals surface area contributed by atoms with E-state index in [0.717, 1.165) is 40.8 Å². The largest absolute Gasteiger partial charge is 0.453 e. The van der Waals surface area contributed by atoms with Gasteiger partial charge in [-0.2, -0.15) is 0 Å². The van der Waals surface area contributed by atoms with Crippen molar-refractivity contribution < 1.29 is 18.7 Å². The van der Waals surface area contributed by atoms with Crippen LogP contribution < -0.4 is 10.1 Å². The van der Waals surface area contributed by atoms with Crippen LogP contribution in [-0.4, -0.2) is 41.3 Å². The molecule has 2 amide bonds. The highest BCUT2D eigenvalue weighted by molar-refractivity contribution is 7.20. The van der Waals surface area contributed by atoms with Crippen LogP contribution in [0.5, 0.6) is 11.5 Å². The number of thiophene rings is 1. The Hall–Kier alpha value is -3.26. The smallest absolute Gasteiger partial charge is 0.317 e. The van der Waals surface area contributed by atoms with E-state index < -0.39 is 5.82 Å². The number of nitrogens with zero attached hydrogens (tertiary/aromatic N) is 2. The number of carbonyl (C=O) groups excluding carboxylic acids is 2. The summed E-state index contributed by atoms with van der Waals surface area (Å²) in [6.07, 6.45) is 8.53. The molecule has 1 aliphatic heterocycles. The van der Waals surface area contributed by atoms with Crippen LogP contribution >= 0.6 is 11.3 Å². The lowest BCUT2D eigenvalue weighted by molar-refractivity contribution is -0.118. The number of carbonyl (C=O) groups is 2. The van der Waals surface area contributed by atoms with Crippen LogP contribution in [0.4, 0.5) is 9.18 Å². The molecule has 5 rings (SSSR count). The lowest BCUT2D eigenvalue weighted by Crippen LogP contribution is -2.42. The summed E-state index contributed by atoms with van der Waals surface area (Å²) in [6.45, 7) is 3.94. The van der Waals surface area contributed by atoms with Crippen molar-refractivity contribution in [3.8, 4) is 11.5 Å². The van der Waals surface area contributed by atoms with E-state index in [-0.39, 0.29) is 24.0 Å². The normalized spacial score (nSPS) is 15.6. The van der Waals surface area contributed by atoms with Crippen molar-refractivity contribution in [2.45, 2.75) is 45.4 Å². The number of aromatic nitrogens is 1. The molecule has 2 aliphatic rings. The van der Waals surface area contributed by atoms with Crippen LogP contribution in [0.1, 0.15) is 49.5 Å². The molecule has 36 heavy (non-hydrogen) atoms. The first-order valence-corrected chi connectivity index (χ1v) is 13.4. The minimum atomic E-state index is -0.482. The van der Waals surface area contributed by atoms with E-state index in [4.69, 9.17) is 4.74 Å². The summed E-state index contributed by atoms with van der Waals surface area (Å²) in [6, 6.07) is 8.49. The number of hydrogen-bond donors (Lipinski definition) is 1. The maximum Gasteiger partial charge on any atom is 0.317 e. The van der Waals surface area contributed by atoms with E-state index >= 15 is 0 Å². The number of hydrogen-bond acceptors (Lipinski definition) is 5. The third-order valence-corrected chi connectivity index (χ3v) is 7.76. The van der Waals surface area contributed by atoms with E-state index in [2.05, 4.69) is 16.4 Å². The zero-order valence-electron chi connectivity index (χ0n) is 20.4. The first-order valence-electron chi connectivity index (χ1n) is 12.6. The number of rotatable bonds is 9.